The summed E-state index contributed by atoms with van der Waals surface area (Å²) in [5.41, 5.74) is 8.94. The molecule has 3 nitrogen and oxygen atoms in total. The molecule has 1 aromatic carbocycles. The number of guanidine groups is 1. The summed E-state index contributed by atoms with van der Waals surface area (Å²) < 4.78 is 0. The van der Waals surface area contributed by atoms with E-state index in [9.17, 15) is 0 Å². The molecule has 0 bridgehead atoms. The van der Waals surface area contributed by atoms with Gasteiger partial charge in [0.25, 0.3) is 0 Å². The number of nitrogens with zero attached hydrogens (tertiary/aromatic N) is 1. The zero-order valence-corrected chi connectivity index (χ0v) is 9.76. The molecule has 3 unspecified atom stereocenters. The topological polar surface area (TPSA) is 50.4 Å². The summed E-state index contributed by atoms with van der Waals surface area (Å²) in [6.07, 6.45) is 3.68. The van der Waals surface area contributed by atoms with Crippen molar-refractivity contribution < 1.29 is 0 Å². The Bertz CT molecular complexity index is 490. The Balaban J connectivity index is 1.50. The van der Waals surface area contributed by atoms with Gasteiger partial charge in [-0.05, 0) is 36.3 Å². The largest absolute Gasteiger partial charge is 0.370 e. The molecule has 4 rings (SSSR count). The van der Waals surface area contributed by atoms with E-state index >= 15 is 0 Å². The van der Waals surface area contributed by atoms with Crippen molar-refractivity contribution in [2.75, 3.05) is 0 Å². The van der Waals surface area contributed by atoms with Crippen LogP contribution in [0.25, 0.3) is 0 Å². The molecule has 3 N–H and O–H groups in total. The lowest BCUT2D eigenvalue weighted by Crippen LogP contribution is -2.33. The zero-order chi connectivity index (χ0) is 11.4. The van der Waals surface area contributed by atoms with Gasteiger partial charge < -0.3 is 11.1 Å². The van der Waals surface area contributed by atoms with E-state index < -0.39 is 0 Å². The molecule has 0 radical (unpaired) electrons. The van der Waals surface area contributed by atoms with E-state index in [1.54, 1.807) is 0 Å². The van der Waals surface area contributed by atoms with Crippen LogP contribution in [-0.2, 0) is 6.42 Å². The first-order valence-corrected chi connectivity index (χ1v) is 6.50. The highest BCUT2D eigenvalue weighted by molar-refractivity contribution is 5.79. The minimum absolute atomic E-state index is 0.441. The number of nitrogens with two attached hydrogens (primary N) is 1. The highest BCUT2D eigenvalue weighted by Gasteiger charge is 2.55. The van der Waals surface area contributed by atoms with Crippen molar-refractivity contribution in [3.8, 4) is 0 Å². The van der Waals surface area contributed by atoms with E-state index in [2.05, 4.69) is 34.6 Å². The fourth-order valence-electron chi connectivity index (χ4n) is 3.13. The molecule has 88 valence electrons. The maximum atomic E-state index is 5.92. The molecule has 3 atom stereocenters. The van der Waals surface area contributed by atoms with Crippen LogP contribution in [0.15, 0.2) is 29.3 Å². The predicted octanol–water partition coefficient (Wildman–Crippen LogP) is 1.39. The molecule has 0 amide bonds. The van der Waals surface area contributed by atoms with Gasteiger partial charge in [0.15, 0.2) is 5.96 Å². The summed E-state index contributed by atoms with van der Waals surface area (Å²) in [6.45, 7) is 0. The molecule has 17 heavy (non-hydrogen) atoms. The van der Waals surface area contributed by atoms with Gasteiger partial charge in [-0.25, -0.2) is 4.99 Å². The first-order valence-electron chi connectivity index (χ1n) is 6.50. The Kier molecular flexibility index (Phi) is 1.82. The highest BCUT2D eigenvalue weighted by atomic mass is 15.2. The van der Waals surface area contributed by atoms with Gasteiger partial charge in [0.05, 0.1) is 6.04 Å². The number of aliphatic imine (C=N–C) groups is 1. The minimum Gasteiger partial charge on any atom is -0.370 e. The maximum Gasteiger partial charge on any atom is 0.189 e. The van der Waals surface area contributed by atoms with Crippen LogP contribution in [0.5, 0.6) is 0 Å². The van der Waals surface area contributed by atoms with Crippen LogP contribution in [0, 0.1) is 5.92 Å². The van der Waals surface area contributed by atoms with Gasteiger partial charge in [-0.3, -0.25) is 0 Å². The van der Waals surface area contributed by atoms with Gasteiger partial charge >= 0.3 is 0 Å². The van der Waals surface area contributed by atoms with Crippen LogP contribution >= 0.6 is 0 Å². The molecular formula is C14H17N3. The minimum atomic E-state index is 0.441. The number of nitrogens with one attached hydrogen (secondary N) is 1. The van der Waals surface area contributed by atoms with Crippen LogP contribution in [0.1, 0.15) is 29.9 Å². The lowest BCUT2D eigenvalue weighted by molar-refractivity contribution is 0.789. The van der Waals surface area contributed by atoms with Crippen LogP contribution in [-0.4, -0.2) is 18.0 Å². The number of rotatable bonds is 2. The third kappa shape index (κ3) is 1.53. The fraction of sp³-hybridized carbons (Fsp3) is 0.500. The molecular weight excluding hydrogens is 210 g/mol. The Hall–Kier alpha value is -1.51. The summed E-state index contributed by atoms with van der Waals surface area (Å²) in [7, 11) is 0. The van der Waals surface area contributed by atoms with Gasteiger partial charge in [-0.2, -0.15) is 0 Å². The highest BCUT2D eigenvalue weighted by Crippen LogP contribution is 2.58. The monoisotopic (exact) mass is 227 g/mol. The Labute approximate surface area is 101 Å². The Morgan fingerprint density at radius 3 is 2.94 bits per heavy atom. The average molecular weight is 227 g/mol. The number of benzene rings is 1. The van der Waals surface area contributed by atoms with E-state index in [0.29, 0.717) is 29.9 Å². The van der Waals surface area contributed by atoms with Crippen LogP contribution in [0.4, 0.5) is 0 Å². The third-order valence-corrected chi connectivity index (χ3v) is 4.21. The standard InChI is InChI=1S/C14H17N3/c15-14(16-9-5-6-9)17-13-11-7-8-3-1-2-4-10(8)12(11)13/h1-4,9,11-13H,5-7H2,(H3,15,16,17). The van der Waals surface area contributed by atoms with Gasteiger partial charge in [0.1, 0.15) is 0 Å². The molecule has 0 saturated heterocycles. The molecule has 0 aliphatic heterocycles. The second-order valence-corrected chi connectivity index (χ2v) is 5.52. The fourth-order valence-corrected chi connectivity index (χ4v) is 3.13. The first-order chi connectivity index (χ1) is 8.33. The van der Waals surface area contributed by atoms with Gasteiger partial charge in [-0.1, -0.05) is 24.3 Å². The number of hydrogen-bond donors (Lipinski definition) is 2. The van der Waals surface area contributed by atoms with Crippen molar-refractivity contribution in [1.29, 1.82) is 0 Å². The molecule has 2 saturated carbocycles. The third-order valence-electron chi connectivity index (χ3n) is 4.21. The number of hydrogen-bond acceptors (Lipinski definition) is 1. The molecule has 0 heterocycles. The van der Waals surface area contributed by atoms with Crippen molar-refractivity contribution >= 4 is 5.96 Å². The summed E-state index contributed by atoms with van der Waals surface area (Å²) in [6, 6.07) is 9.80. The van der Waals surface area contributed by atoms with Crippen LogP contribution < -0.4 is 11.1 Å². The Morgan fingerprint density at radius 1 is 1.29 bits per heavy atom. The summed E-state index contributed by atoms with van der Waals surface area (Å²) >= 11 is 0. The lowest BCUT2D eigenvalue weighted by atomic mass is 10.1. The van der Waals surface area contributed by atoms with Gasteiger partial charge in [0.2, 0.25) is 0 Å². The Morgan fingerprint density at radius 2 is 2.12 bits per heavy atom. The molecule has 3 heteroatoms. The number of fused-ring (bicyclic) bond motifs is 3. The van der Waals surface area contributed by atoms with Crippen molar-refractivity contribution in [2.45, 2.75) is 37.3 Å². The smallest absolute Gasteiger partial charge is 0.189 e. The van der Waals surface area contributed by atoms with Gasteiger partial charge in [-0.15, -0.1) is 0 Å². The van der Waals surface area contributed by atoms with E-state index in [-0.39, 0.29) is 0 Å². The second-order valence-electron chi connectivity index (χ2n) is 5.52. The normalized spacial score (nSPS) is 34.1. The SMILES string of the molecule is NC(=NC1C2Cc3ccccc3C21)NC1CC1. The van der Waals surface area contributed by atoms with E-state index in [1.807, 2.05) is 0 Å². The van der Waals surface area contributed by atoms with E-state index in [1.165, 1.54) is 30.4 Å². The molecule has 0 aromatic heterocycles. The van der Waals surface area contributed by atoms with Crippen LogP contribution in [0.3, 0.4) is 0 Å². The molecule has 2 fully saturated rings. The molecule has 3 aliphatic carbocycles. The van der Waals surface area contributed by atoms with Crippen molar-refractivity contribution in [1.82, 2.24) is 5.32 Å². The summed E-state index contributed by atoms with van der Waals surface area (Å²) in [5, 5.41) is 3.27. The van der Waals surface area contributed by atoms with Gasteiger partial charge in [0, 0.05) is 12.0 Å². The summed E-state index contributed by atoms with van der Waals surface area (Å²) in [5.74, 6) is 2.02. The first kappa shape index (κ1) is 9.51. The second kappa shape index (κ2) is 3.25. The quantitative estimate of drug-likeness (QED) is 0.592. The zero-order valence-electron chi connectivity index (χ0n) is 9.76. The summed E-state index contributed by atoms with van der Waals surface area (Å²) in [4.78, 5) is 4.64. The van der Waals surface area contributed by atoms with Crippen molar-refractivity contribution in [2.24, 2.45) is 16.6 Å². The molecule has 0 spiro atoms. The lowest BCUT2D eigenvalue weighted by Gasteiger charge is -2.06. The van der Waals surface area contributed by atoms with E-state index in [4.69, 9.17) is 5.73 Å². The van der Waals surface area contributed by atoms with Crippen molar-refractivity contribution in [3.05, 3.63) is 35.4 Å². The molecule has 1 aromatic rings. The predicted molar refractivity (Wildman–Crippen MR) is 67.9 cm³/mol. The van der Waals surface area contributed by atoms with Crippen molar-refractivity contribution in [3.63, 3.8) is 0 Å². The average Bonchev–Trinajstić information content (AvgIpc) is 3.20. The maximum absolute atomic E-state index is 5.92. The molecule has 3 aliphatic rings. The van der Waals surface area contributed by atoms with E-state index in [0.717, 1.165) is 0 Å². The van der Waals surface area contributed by atoms with Crippen LogP contribution in [0.2, 0.25) is 0 Å².